The molecule has 0 spiro atoms. The molecular weight excluding hydrogens is 500 g/mol. The Morgan fingerprint density at radius 1 is 0.575 bits per heavy atom. The minimum atomic E-state index is -0.946. The molecule has 4 aromatic carbocycles. The van der Waals surface area contributed by atoms with Gasteiger partial charge in [-0.15, -0.1) is 6.58 Å². The highest BCUT2D eigenvalue weighted by Crippen LogP contribution is 2.20. The van der Waals surface area contributed by atoms with Crippen LogP contribution in [0.15, 0.2) is 134 Å². The first kappa shape index (κ1) is 29.1. The van der Waals surface area contributed by atoms with E-state index in [1.54, 1.807) is 6.08 Å². The van der Waals surface area contributed by atoms with E-state index in [2.05, 4.69) is 6.58 Å². The lowest BCUT2D eigenvalue weighted by Crippen LogP contribution is -2.47. The Kier molecular flexibility index (Phi) is 11.9. The van der Waals surface area contributed by atoms with Gasteiger partial charge in [0.2, 0.25) is 0 Å². The van der Waals surface area contributed by atoms with Crippen LogP contribution in [0.1, 0.15) is 22.3 Å². The fourth-order valence-electron chi connectivity index (χ4n) is 4.24. The Hall–Kier alpha value is -3.87. The number of carbonyl (C=O) groups is 1. The van der Waals surface area contributed by atoms with E-state index in [0.29, 0.717) is 13.2 Å². The monoisotopic (exact) mass is 536 g/mol. The van der Waals surface area contributed by atoms with Crippen molar-refractivity contribution in [3.05, 3.63) is 156 Å². The van der Waals surface area contributed by atoms with Gasteiger partial charge in [0.15, 0.2) is 5.78 Å². The molecule has 0 saturated heterocycles. The summed E-state index contributed by atoms with van der Waals surface area (Å²) in [5.41, 5.74) is 3.93. The van der Waals surface area contributed by atoms with Crippen molar-refractivity contribution in [3.8, 4) is 0 Å². The van der Waals surface area contributed by atoms with Gasteiger partial charge in [-0.2, -0.15) is 0 Å². The second-order valence-electron chi connectivity index (χ2n) is 9.42. The maximum Gasteiger partial charge on any atom is 0.189 e. The summed E-state index contributed by atoms with van der Waals surface area (Å²) in [6, 6.07) is 39.2. The topological polar surface area (TPSA) is 54.0 Å². The van der Waals surface area contributed by atoms with E-state index in [1.165, 1.54) is 0 Å². The second kappa shape index (κ2) is 16.3. The van der Waals surface area contributed by atoms with E-state index in [-0.39, 0.29) is 25.6 Å². The largest absolute Gasteiger partial charge is 0.369 e. The van der Waals surface area contributed by atoms with Crippen LogP contribution in [0.4, 0.5) is 0 Å². The van der Waals surface area contributed by atoms with Crippen LogP contribution in [0.2, 0.25) is 0 Å². The van der Waals surface area contributed by atoms with E-state index in [1.807, 2.05) is 121 Å². The Labute approximate surface area is 237 Å². The Morgan fingerprint density at radius 3 is 1.43 bits per heavy atom. The van der Waals surface area contributed by atoms with Gasteiger partial charge in [-0.1, -0.05) is 127 Å². The summed E-state index contributed by atoms with van der Waals surface area (Å²) in [4.78, 5) is 13.7. The van der Waals surface area contributed by atoms with E-state index in [9.17, 15) is 4.79 Å². The van der Waals surface area contributed by atoms with Crippen LogP contribution in [0.25, 0.3) is 0 Å². The molecule has 3 atom stereocenters. The standard InChI is InChI=1S/C35H36O5/c1-2-33(38-24-29-17-9-4-10-18-29)35(40-26-31-21-13-6-14-22-31)34(39-25-30-19-11-5-12-20-30)32(36)27-37-23-28-15-7-3-8-16-28/h2-22,33-35H,1,23-27H2/t33-,34-,35+/m0/s1. The van der Waals surface area contributed by atoms with Gasteiger partial charge in [0.25, 0.3) is 0 Å². The molecular formula is C35H36O5. The lowest BCUT2D eigenvalue weighted by atomic mass is 10.0. The quantitative estimate of drug-likeness (QED) is 0.140. The third kappa shape index (κ3) is 9.40. The van der Waals surface area contributed by atoms with Crippen molar-refractivity contribution < 1.29 is 23.7 Å². The number of hydrogen-bond acceptors (Lipinski definition) is 5. The zero-order valence-electron chi connectivity index (χ0n) is 22.6. The number of Topliss-reactive ketones (excluding diaryl/α,β-unsaturated/α-hetero) is 1. The van der Waals surface area contributed by atoms with Crippen molar-refractivity contribution in [1.29, 1.82) is 0 Å². The molecule has 0 amide bonds. The highest BCUT2D eigenvalue weighted by Gasteiger charge is 2.36. The molecule has 0 heterocycles. The van der Waals surface area contributed by atoms with Gasteiger partial charge in [-0.05, 0) is 22.3 Å². The molecule has 0 aliphatic heterocycles. The normalized spacial score (nSPS) is 13.3. The summed E-state index contributed by atoms with van der Waals surface area (Å²) in [6.07, 6.45) is -0.630. The molecule has 5 nitrogen and oxygen atoms in total. The number of rotatable bonds is 17. The second-order valence-corrected chi connectivity index (χ2v) is 9.42. The number of carbonyl (C=O) groups excluding carboxylic acids is 1. The summed E-state index contributed by atoms with van der Waals surface area (Å²) in [6.45, 7) is 5.07. The average molecular weight is 537 g/mol. The summed E-state index contributed by atoms with van der Waals surface area (Å²) >= 11 is 0. The fraction of sp³-hybridized carbons (Fsp3) is 0.229. The zero-order valence-corrected chi connectivity index (χ0v) is 22.6. The minimum absolute atomic E-state index is 0.123. The predicted octanol–water partition coefficient (Wildman–Crippen LogP) is 6.71. The number of ether oxygens (including phenoxy) is 4. The Balaban J connectivity index is 1.54. The first-order valence-corrected chi connectivity index (χ1v) is 13.5. The lowest BCUT2D eigenvalue weighted by molar-refractivity contribution is -0.164. The molecule has 5 heteroatoms. The third-order valence-electron chi connectivity index (χ3n) is 6.37. The van der Waals surface area contributed by atoms with Crippen LogP contribution < -0.4 is 0 Å². The highest BCUT2D eigenvalue weighted by atomic mass is 16.6. The van der Waals surface area contributed by atoms with Crippen LogP contribution in [-0.4, -0.2) is 30.7 Å². The van der Waals surface area contributed by atoms with E-state index < -0.39 is 18.3 Å². The number of ketones is 1. The van der Waals surface area contributed by atoms with Crippen molar-refractivity contribution >= 4 is 5.78 Å². The van der Waals surface area contributed by atoms with Gasteiger partial charge in [0.1, 0.15) is 24.9 Å². The molecule has 0 unspecified atom stereocenters. The summed E-state index contributed by atoms with van der Waals surface area (Å²) in [7, 11) is 0. The summed E-state index contributed by atoms with van der Waals surface area (Å²) < 4.78 is 24.8. The molecule has 0 radical (unpaired) electrons. The van der Waals surface area contributed by atoms with E-state index in [0.717, 1.165) is 22.3 Å². The molecule has 40 heavy (non-hydrogen) atoms. The maximum absolute atomic E-state index is 13.7. The molecule has 0 aromatic heterocycles. The van der Waals surface area contributed by atoms with Gasteiger partial charge in [0.05, 0.1) is 26.4 Å². The van der Waals surface area contributed by atoms with Gasteiger partial charge in [-0.25, -0.2) is 0 Å². The number of benzene rings is 4. The third-order valence-corrected chi connectivity index (χ3v) is 6.37. The zero-order chi connectivity index (χ0) is 27.8. The first-order valence-electron chi connectivity index (χ1n) is 13.5. The van der Waals surface area contributed by atoms with Crippen LogP contribution in [0, 0.1) is 0 Å². The Morgan fingerprint density at radius 2 is 0.975 bits per heavy atom. The lowest BCUT2D eigenvalue weighted by Gasteiger charge is -2.31. The molecule has 0 aliphatic rings. The van der Waals surface area contributed by atoms with Crippen molar-refractivity contribution in [3.63, 3.8) is 0 Å². The van der Waals surface area contributed by atoms with Crippen molar-refractivity contribution in [1.82, 2.24) is 0 Å². The van der Waals surface area contributed by atoms with Crippen LogP contribution in [0.5, 0.6) is 0 Å². The van der Waals surface area contributed by atoms with Gasteiger partial charge in [-0.3, -0.25) is 4.79 Å². The molecule has 0 bridgehead atoms. The summed E-state index contributed by atoms with van der Waals surface area (Å²) in [5.74, 6) is -0.222. The smallest absolute Gasteiger partial charge is 0.189 e. The van der Waals surface area contributed by atoms with Crippen LogP contribution >= 0.6 is 0 Å². The molecule has 0 fully saturated rings. The van der Waals surface area contributed by atoms with Gasteiger partial charge in [0, 0.05) is 0 Å². The molecule has 4 rings (SSSR count). The molecule has 0 N–H and O–H groups in total. The molecule has 0 saturated carbocycles. The van der Waals surface area contributed by atoms with Gasteiger partial charge >= 0.3 is 0 Å². The maximum atomic E-state index is 13.7. The van der Waals surface area contributed by atoms with Crippen molar-refractivity contribution in [2.45, 2.75) is 44.7 Å². The van der Waals surface area contributed by atoms with Crippen LogP contribution in [-0.2, 0) is 50.2 Å². The molecule has 206 valence electrons. The highest BCUT2D eigenvalue weighted by molar-refractivity contribution is 5.85. The van der Waals surface area contributed by atoms with Gasteiger partial charge < -0.3 is 18.9 Å². The average Bonchev–Trinajstić information content (AvgIpc) is 3.01. The van der Waals surface area contributed by atoms with Crippen molar-refractivity contribution in [2.75, 3.05) is 6.61 Å². The molecule has 0 aliphatic carbocycles. The fourth-order valence-corrected chi connectivity index (χ4v) is 4.24. The minimum Gasteiger partial charge on any atom is -0.369 e. The number of hydrogen-bond donors (Lipinski definition) is 0. The van der Waals surface area contributed by atoms with E-state index >= 15 is 0 Å². The SMILES string of the molecule is C=C[C@H](OCc1ccccc1)[C@@H](OCc1ccccc1)[C@@H](OCc1ccccc1)C(=O)COCc1ccccc1. The predicted molar refractivity (Wildman–Crippen MR) is 156 cm³/mol. The van der Waals surface area contributed by atoms with E-state index in [4.69, 9.17) is 18.9 Å². The first-order chi connectivity index (χ1) is 19.7. The van der Waals surface area contributed by atoms with Crippen LogP contribution in [0.3, 0.4) is 0 Å². The molecule has 4 aromatic rings. The van der Waals surface area contributed by atoms with Crippen molar-refractivity contribution in [2.24, 2.45) is 0 Å². The summed E-state index contributed by atoms with van der Waals surface area (Å²) in [5, 5.41) is 0. The Bertz CT molecular complexity index is 1260.